The van der Waals surface area contributed by atoms with E-state index >= 15 is 0 Å². The zero-order valence-electron chi connectivity index (χ0n) is 11.6. The molecule has 1 unspecified atom stereocenters. The van der Waals surface area contributed by atoms with Crippen molar-refractivity contribution in [1.29, 1.82) is 0 Å². The van der Waals surface area contributed by atoms with Crippen molar-refractivity contribution in [3.63, 3.8) is 0 Å². The van der Waals surface area contributed by atoms with Gasteiger partial charge in [-0.1, -0.05) is 32.4 Å². The molecule has 2 rings (SSSR count). The van der Waals surface area contributed by atoms with Crippen LogP contribution in [0.1, 0.15) is 33.1 Å². The van der Waals surface area contributed by atoms with Gasteiger partial charge in [0.25, 0.3) is 0 Å². The molecule has 1 amide bonds. The molecule has 0 saturated heterocycles. The summed E-state index contributed by atoms with van der Waals surface area (Å²) in [5, 5.41) is 3.65. The van der Waals surface area contributed by atoms with Gasteiger partial charge in [-0.15, -0.1) is 11.8 Å². The number of benzene rings is 1. The lowest BCUT2D eigenvalue weighted by molar-refractivity contribution is -0.115. The molecule has 4 heteroatoms. The van der Waals surface area contributed by atoms with Crippen LogP contribution in [0, 0.1) is 5.41 Å². The first-order chi connectivity index (χ1) is 8.99. The Morgan fingerprint density at radius 1 is 1.47 bits per heavy atom. The Balaban J connectivity index is 2.09. The standard InChI is InChI=1S/C15H22N2OS/c1-15(2)9-5-8-13(15)17-11-6-3-4-7-12(11)19-10-14(16)18/h3-4,6-7,13,17H,5,8-10H2,1-2H3,(H2,16,18). The maximum absolute atomic E-state index is 10.9. The van der Waals surface area contributed by atoms with Crippen molar-refractivity contribution in [1.82, 2.24) is 0 Å². The normalized spacial score (nSPS) is 21.3. The number of anilines is 1. The van der Waals surface area contributed by atoms with Crippen molar-refractivity contribution in [2.75, 3.05) is 11.1 Å². The molecule has 1 aromatic carbocycles. The summed E-state index contributed by atoms with van der Waals surface area (Å²) in [7, 11) is 0. The monoisotopic (exact) mass is 278 g/mol. The van der Waals surface area contributed by atoms with E-state index in [1.807, 2.05) is 18.2 Å². The Bertz CT molecular complexity index is 459. The van der Waals surface area contributed by atoms with Crippen molar-refractivity contribution in [2.45, 2.75) is 44.0 Å². The zero-order valence-corrected chi connectivity index (χ0v) is 12.4. The number of amides is 1. The Morgan fingerprint density at radius 3 is 2.84 bits per heavy atom. The third-order valence-corrected chi connectivity index (χ3v) is 4.94. The second-order valence-corrected chi connectivity index (χ2v) is 6.85. The first-order valence-corrected chi connectivity index (χ1v) is 7.74. The van der Waals surface area contributed by atoms with E-state index < -0.39 is 0 Å². The van der Waals surface area contributed by atoms with Crippen LogP contribution >= 0.6 is 11.8 Å². The van der Waals surface area contributed by atoms with Crippen LogP contribution in [0.25, 0.3) is 0 Å². The molecular weight excluding hydrogens is 256 g/mol. The minimum atomic E-state index is -0.277. The summed E-state index contributed by atoms with van der Waals surface area (Å²) >= 11 is 1.50. The number of rotatable bonds is 5. The van der Waals surface area contributed by atoms with Crippen LogP contribution in [0.2, 0.25) is 0 Å². The third kappa shape index (κ3) is 3.66. The third-order valence-electron chi connectivity index (χ3n) is 3.84. The highest BCUT2D eigenvalue weighted by molar-refractivity contribution is 8.00. The Hall–Kier alpha value is -1.16. The highest BCUT2D eigenvalue weighted by Gasteiger charge is 2.34. The van der Waals surface area contributed by atoms with Gasteiger partial charge in [0.15, 0.2) is 0 Å². The summed E-state index contributed by atoms with van der Waals surface area (Å²) in [5.74, 6) is 0.0493. The van der Waals surface area contributed by atoms with Crippen LogP contribution in [0.15, 0.2) is 29.2 Å². The van der Waals surface area contributed by atoms with Crippen LogP contribution < -0.4 is 11.1 Å². The summed E-state index contributed by atoms with van der Waals surface area (Å²) in [6.07, 6.45) is 3.75. The predicted octanol–water partition coefficient (Wildman–Crippen LogP) is 3.25. The molecule has 1 aromatic rings. The van der Waals surface area contributed by atoms with Crippen molar-refractivity contribution in [2.24, 2.45) is 11.1 Å². The van der Waals surface area contributed by atoms with E-state index in [4.69, 9.17) is 5.73 Å². The second-order valence-electron chi connectivity index (χ2n) is 5.83. The van der Waals surface area contributed by atoms with Crippen molar-refractivity contribution in [3.05, 3.63) is 24.3 Å². The van der Waals surface area contributed by atoms with Crippen LogP contribution in [-0.2, 0) is 4.79 Å². The average Bonchev–Trinajstić information content (AvgIpc) is 2.68. The lowest BCUT2D eigenvalue weighted by Crippen LogP contribution is -2.31. The number of nitrogens with two attached hydrogens (primary N) is 1. The van der Waals surface area contributed by atoms with Gasteiger partial charge in [-0.25, -0.2) is 0 Å². The fourth-order valence-corrected chi connectivity index (χ4v) is 3.40. The molecule has 0 aromatic heterocycles. The highest BCUT2D eigenvalue weighted by atomic mass is 32.2. The van der Waals surface area contributed by atoms with Gasteiger partial charge in [-0.05, 0) is 30.4 Å². The SMILES string of the molecule is CC1(C)CCCC1Nc1ccccc1SCC(N)=O. The number of hydrogen-bond acceptors (Lipinski definition) is 3. The summed E-state index contributed by atoms with van der Waals surface area (Å²) in [5.41, 5.74) is 6.67. The molecule has 104 valence electrons. The van der Waals surface area contributed by atoms with Crippen LogP contribution in [0.3, 0.4) is 0 Å². The molecule has 1 fully saturated rings. The molecule has 1 aliphatic carbocycles. The highest BCUT2D eigenvalue weighted by Crippen LogP contribution is 2.40. The van der Waals surface area contributed by atoms with Gasteiger partial charge in [0, 0.05) is 16.6 Å². The first-order valence-electron chi connectivity index (χ1n) is 6.76. The van der Waals surface area contributed by atoms with Gasteiger partial charge in [0.1, 0.15) is 0 Å². The molecule has 1 aliphatic rings. The van der Waals surface area contributed by atoms with Crippen molar-refractivity contribution >= 4 is 23.4 Å². The van der Waals surface area contributed by atoms with Crippen molar-refractivity contribution < 1.29 is 4.79 Å². The number of primary amides is 1. The summed E-state index contributed by atoms with van der Waals surface area (Å²) in [6, 6.07) is 8.64. The fraction of sp³-hybridized carbons (Fsp3) is 0.533. The number of nitrogens with one attached hydrogen (secondary N) is 1. The Morgan fingerprint density at radius 2 is 2.21 bits per heavy atom. The minimum Gasteiger partial charge on any atom is -0.381 e. The number of para-hydroxylation sites is 1. The molecule has 1 saturated carbocycles. The number of hydrogen-bond donors (Lipinski definition) is 2. The van der Waals surface area contributed by atoms with Gasteiger partial charge in [0.05, 0.1) is 5.75 Å². The number of carbonyl (C=O) groups excluding carboxylic acids is 1. The molecule has 0 aliphatic heterocycles. The number of thioether (sulfide) groups is 1. The first kappa shape index (κ1) is 14.3. The van der Waals surface area contributed by atoms with Gasteiger partial charge in [-0.2, -0.15) is 0 Å². The Kier molecular flexibility index (Phi) is 4.40. The molecule has 0 spiro atoms. The fourth-order valence-electron chi connectivity index (χ4n) is 2.64. The maximum Gasteiger partial charge on any atom is 0.227 e. The molecule has 0 heterocycles. The summed E-state index contributed by atoms with van der Waals surface area (Å²) < 4.78 is 0. The van der Waals surface area contributed by atoms with E-state index in [2.05, 4.69) is 25.2 Å². The van der Waals surface area contributed by atoms with Gasteiger partial charge in [0.2, 0.25) is 5.91 Å². The summed E-state index contributed by atoms with van der Waals surface area (Å²) in [6.45, 7) is 4.63. The van der Waals surface area contributed by atoms with Crippen LogP contribution in [0.5, 0.6) is 0 Å². The minimum absolute atomic E-state index is 0.277. The lowest BCUT2D eigenvalue weighted by atomic mass is 9.87. The van der Waals surface area contributed by atoms with E-state index in [-0.39, 0.29) is 5.91 Å². The maximum atomic E-state index is 10.9. The van der Waals surface area contributed by atoms with E-state index in [9.17, 15) is 4.79 Å². The lowest BCUT2D eigenvalue weighted by Gasteiger charge is -2.29. The molecule has 0 radical (unpaired) electrons. The molecular formula is C15H22N2OS. The quantitative estimate of drug-likeness (QED) is 0.813. The van der Waals surface area contributed by atoms with E-state index in [0.717, 1.165) is 10.6 Å². The average molecular weight is 278 g/mol. The summed E-state index contributed by atoms with van der Waals surface area (Å²) in [4.78, 5) is 12.0. The second kappa shape index (κ2) is 5.87. The molecule has 3 nitrogen and oxygen atoms in total. The largest absolute Gasteiger partial charge is 0.381 e. The van der Waals surface area contributed by atoms with Gasteiger partial charge in [-0.3, -0.25) is 4.79 Å². The molecule has 0 bridgehead atoms. The smallest absolute Gasteiger partial charge is 0.227 e. The zero-order chi connectivity index (χ0) is 13.9. The van der Waals surface area contributed by atoms with E-state index in [1.54, 1.807) is 0 Å². The van der Waals surface area contributed by atoms with E-state index in [1.165, 1.54) is 31.0 Å². The van der Waals surface area contributed by atoms with Crippen LogP contribution in [-0.4, -0.2) is 17.7 Å². The molecule has 19 heavy (non-hydrogen) atoms. The Labute approximate surface area is 119 Å². The predicted molar refractivity (Wildman–Crippen MR) is 81.4 cm³/mol. The number of carbonyl (C=O) groups is 1. The van der Waals surface area contributed by atoms with Crippen molar-refractivity contribution in [3.8, 4) is 0 Å². The van der Waals surface area contributed by atoms with Gasteiger partial charge >= 0.3 is 0 Å². The molecule has 1 atom stereocenters. The topological polar surface area (TPSA) is 55.1 Å². The van der Waals surface area contributed by atoms with E-state index in [0.29, 0.717) is 17.2 Å². The van der Waals surface area contributed by atoms with Gasteiger partial charge < -0.3 is 11.1 Å². The van der Waals surface area contributed by atoms with Crippen LogP contribution in [0.4, 0.5) is 5.69 Å². The molecule has 3 N–H and O–H groups in total.